The molecule has 4 aromatic rings. The van der Waals surface area contributed by atoms with Crippen molar-refractivity contribution in [2.75, 3.05) is 5.32 Å². The van der Waals surface area contributed by atoms with E-state index < -0.39 is 0 Å². The maximum absolute atomic E-state index is 12.9. The number of amides is 1. The first-order valence-corrected chi connectivity index (χ1v) is 9.00. The van der Waals surface area contributed by atoms with E-state index in [1.54, 1.807) is 41.8 Å². The summed E-state index contributed by atoms with van der Waals surface area (Å²) in [5.74, 6) is 0.400. The third-order valence-electron chi connectivity index (χ3n) is 4.64. The Morgan fingerprint density at radius 3 is 2.29 bits per heavy atom. The van der Waals surface area contributed by atoms with Crippen LogP contribution in [0.3, 0.4) is 0 Å². The summed E-state index contributed by atoms with van der Waals surface area (Å²) in [6, 6.07) is 21.8. The molecule has 0 fully saturated rings. The molecule has 138 valence electrons. The van der Waals surface area contributed by atoms with Crippen LogP contribution in [0.2, 0.25) is 0 Å². The molecule has 0 saturated carbocycles. The zero-order valence-corrected chi connectivity index (χ0v) is 15.6. The van der Waals surface area contributed by atoms with E-state index in [1.165, 1.54) is 0 Å². The second-order valence-electron chi connectivity index (χ2n) is 6.68. The van der Waals surface area contributed by atoms with Crippen LogP contribution in [-0.2, 0) is 0 Å². The molecule has 0 bridgehead atoms. The fourth-order valence-electron chi connectivity index (χ4n) is 3.15. The summed E-state index contributed by atoms with van der Waals surface area (Å²) in [6.07, 6.45) is 0. The molecule has 0 aliphatic carbocycles. The van der Waals surface area contributed by atoms with Crippen molar-refractivity contribution in [1.29, 1.82) is 0 Å². The number of aromatic nitrogens is 2. The van der Waals surface area contributed by atoms with Crippen molar-refractivity contribution in [1.82, 2.24) is 9.55 Å². The lowest BCUT2D eigenvalue weighted by Crippen LogP contribution is -2.22. The van der Waals surface area contributed by atoms with Crippen molar-refractivity contribution in [3.63, 3.8) is 0 Å². The Morgan fingerprint density at radius 1 is 0.893 bits per heavy atom. The smallest absolute Gasteiger partial charge is 0.265 e. The molecular formula is C23H19N3O2. The van der Waals surface area contributed by atoms with E-state index in [1.807, 2.05) is 49.4 Å². The second-order valence-corrected chi connectivity index (χ2v) is 6.68. The lowest BCUT2D eigenvalue weighted by Gasteiger charge is -2.11. The highest BCUT2D eigenvalue weighted by Gasteiger charge is 2.11. The molecular weight excluding hydrogens is 350 g/mol. The van der Waals surface area contributed by atoms with Crippen LogP contribution in [0.4, 0.5) is 5.69 Å². The van der Waals surface area contributed by atoms with Gasteiger partial charge >= 0.3 is 0 Å². The summed E-state index contributed by atoms with van der Waals surface area (Å²) in [6.45, 7) is 3.79. The van der Waals surface area contributed by atoms with Crippen molar-refractivity contribution in [2.45, 2.75) is 13.8 Å². The number of fused-ring (bicyclic) bond motifs is 1. The Hall–Kier alpha value is -3.73. The first kappa shape index (κ1) is 17.7. The molecule has 1 aromatic heterocycles. The van der Waals surface area contributed by atoms with E-state index in [0.29, 0.717) is 28.0 Å². The predicted molar refractivity (Wildman–Crippen MR) is 111 cm³/mol. The fourth-order valence-corrected chi connectivity index (χ4v) is 3.15. The lowest BCUT2D eigenvalue weighted by atomic mass is 10.1. The van der Waals surface area contributed by atoms with Crippen molar-refractivity contribution in [3.8, 4) is 5.69 Å². The lowest BCUT2D eigenvalue weighted by molar-refractivity contribution is 0.102. The number of carbonyl (C=O) groups excluding carboxylic acids is 1. The second kappa shape index (κ2) is 7.12. The molecule has 0 atom stereocenters. The maximum atomic E-state index is 12.9. The van der Waals surface area contributed by atoms with Gasteiger partial charge in [-0.2, -0.15) is 0 Å². The first-order valence-electron chi connectivity index (χ1n) is 9.00. The first-order chi connectivity index (χ1) is 13.5. The molecule has 0 spiro atoms. The number of anilines is 1. The standard InChI is InChI=1S/C23H19N3O2/c1-15-7-11-18(12-8-15)25-22(27)17-9-13-19(14-10-17)26-16(2)24-21-6-4-3-5-20(21)23(26)28/h3-14H,1-2H3,(H,25,27). The monoisotopic (exact) mass is 369 g/mol. The number of hydrogen-bond donors (Lipinski definition) is 1. The largest absolute Gasteiger partial charge is 0.322 e. The average molecular weight is 369 g/mol. The Balaban J connectivity index is 1.65. The predicted octanol–water partition coefficient (Wildman–Crippen LogP) is 4.25. The summed E-state index contributed by atoms with van der Waals surface area (Å²) in [5.41, 5.74) is 3.62. The number of nitrogens with one attached hydrogen (secondary N) is 1. The van der Waals surface area contributed by atoms with Gasteiger partial charge in [0.05, 0.1) is 16.6 Å². The van der Waals surface area contributed by atoms with Gasteiger partial charge in [-0.15, -0.1) is 0 Å². The van der Waals surface area contributed by atoms with Gasteiger partial charge in [0, 0.05) is 11.3 Å². The molecule has 5 heteroatoms. The number of hydrogen-bond acceptors (Lipinski definition) is 3. The SMILES string of the molecule is Cc1ccc(NC(=O)c2ccc(-n3c(C)nc4ccccc4c3=O)cc2)cc1. The van der Waals surface area contributed by atoms with Crippen LogP contribution in [-0.4, -0.2) is 15.5 Å². The number of rotatable bonds is 3. The van der Waals surface area contributed by atoms with Gasteiger partial charge in [0.2, 0.25) is 0 Å². The third kappa shape index (κ3) is 3.30. The number of carbonyl (C=O) groups is 1. The molecule has 1 N–H and O–H groups in total. The van der Waals surface area contributed by atoms with Gasteiger partial charge in [0.25, 0.3) is 11.5 Å². The molecule has 0 saturated heterocycles. The van der Waals surface area contributed by atoms with Gasteiger partial charge in [0.15, 0.2) is 0 Å². The van der Waals surface area contributed by atoms with Crippen LogP contribution < -0.4 is 10.9 Å². The van der Waals surface area contributed by atoms with E-state index in [2.05, 4.69) is 10.3 Å². The minimum atomic E-state index is -0.198. The topological polar surface area (TPSA) is 64.0 Å². The van der Waals surface area contributed by atoms with Crippen LogP contribution in [0.15, 0.2) is 77.6 Å². The Morgan fingerprint density at radius 2 is 1.57 bits per heavy atom. The summed E-state index contributed by atoms with van der Waals surface area (Å²) in [4.78, 5) is 29.9. The van der Waals surface area contributed by atoms with Crippen molar-refractivity contribution in [3.05, 3.63) is 100 Å². The fraction of sp³-hybridized carbons (Fsp3) is 0.0870. The van der Waals surface area contributed by atoms with E-state index in [-0.39, 0.29) is 11.5 Å². The van der Waals surface area contributed by atoms with Crippen LogP contribution in [0.1, 0.15) is 21.7 Å². The zero-order valence-electron chi connectivity index (χ0n) is 15.6. The van der Waals surface area contributed by atoms with Crippen LogP contribution in [0.5, 0.6) is 0 Å². The Labute approximate surface area is 162 Å². The number of para-hydroxylation sites is 1. The van der Waals surface area contributed by atoms with Crippen molar-refractivity contribution >= 4 is 22.5 Å². The molecule has 28 heavy (non-hydrogen) atoms. The number of nitrogens with zero attached hydrogens (tertiary/aromatic N) is 2. The highest BCUT2D eigenvalue weighted by molar-refractivity contribution is 6.04. The highest BCUT2D eigenvalue weighted by Crippen LogP contribution is 2.15. The Kier molecular flexibility index (Phi) is 4.49. The van der Waals surface area contributed by atoms with Gasteiger partial charge in [-0.1, -0.05) is 29.8 Å². The molecule has 0 aliphatic rings. The molecule has 4 rings (SSSR count). The highest BCUT2D eigenvalue weighted by atomic mass is 16.1. The number of benzene rings is 3. The molecule has 0 aliphatic heterocycles. The minimum absolute atomic E-state index is 0.125. The summed E-state index contributed by atoms with van der Waals surface area (Å²) < 4.78 is 1.56. The molecule has 5 nitrogen and oxygen atoms in total. The molecule has 0 unspecified atom stereocenters. The summed E-state index contributed by atoms with van der Waals surface area (Å²) >= 11 is 0. The van der Waals surface area contributed by atoms with Crippen LogP contribution in [0, 0.1) is 13.8 Å². The van der Waals surface area contributed by atoms with Gasteiger partial charge in [-0.05, 0) is 62.4 Å². The molecule has 1 amide bonds. The minimum Gasteiger partial charge on any atom is -0.322 e. The van der Waals surface area contributed by atoms with Crippen LogP contribution >= 0.6 is 0 Å². The van der Waals surface area contributed by atoms with Crippen LogP contribution in [0.25, 0.3) is 16.6 Å². The zero-order chi connectivity index (χ0) is 19.7. The average Bonchev–Trinajstić information content (AvgIpc) is 2.70. The normalized spacial score (nSPS) is 10.8. The van der Waals surface area contributed by atoms with Gasteiger partial charge in [0.1, 0.15) is 5.82 Å². The Bertz CT molecular complexity index is 1220. The number of aryl methyl sites for hydroxylation is 2. The summed E-state index contributed by atoms with van der Waals surface area (Å²) in [7, 11) is 0. The molecule has 0 radical (unpaired) electrons. The molecule has 1 heterocycles. The quantitative estimate of drug-likeness (QED) is 0.587. The van der Waals surface area contributed by atoms with E-state index in [4.69, 9.17) is 0 Å². The van der Waals surface area contributed by atoms with E-state index in [9.17, 15) is 9.59 Å². The maximum Gasteiger partial charge on any atom is 0.265 e. The third-order valence-corrected chi connectivity index (χ3v) is 4.64. The van der Waals surface area contributed by atoms with Crippen molar-refractivity contribution in [2.24, 2.45) is 0 Å². The van der Waals surface area contributed by atoms with Gasteiger partial charge in [-0.25, -0.2) is 4.98 Å². The van der Waals surface area contributed by atoms with Crippen molar-refractivity contribution < 1.29 is 4.79 Å². The van der Waals surface area contributed by atoms with E-state index in [0.717, 1.165) is 11.3 Å². The summed E-state index contributed by atoms with van der Waals surface area (Å²) in [5, 5.41) is 3.44. The molecule has 3 aromatic carbocycles. The van der Waals surface area contributed by atoms with Gasteiger partial charge < -0.3 is 5.32 Å². The van der Waals surface area contributed by atoms with Gasteiger partial charge in [-0.3, -0.25) is 14.2 Å². The van der Waals surface area contributed by atoms with E-state index >= 15 is 0 Å².